The van der Waals surface area contributed by atoms with Crippen LogP contribution in [0, 0.1) is 13.8 Å². The van der Waals surface area contributed by atoms with Crippen molar-refractivity contribution in [3.8, 4) is 5.69 Å². The molecule has 0 spiro atoms. The molecule has 0 bridgehead atoms. The molecule has 7 nitrogen and oxygen atoms in total. The highest BCUT2D eigenvalue weighted by atomic mass is 32.1. The third kappa shape index (κ3) is 4.66. The Balaban J connectivity index is 1.38. The van der Waals surface area contributed by atoms with E-state index in [0.717, 1.165) is 48.4 Å². The van der Waals surface area contributed by atoms with Gasteiger partial charge in [0.2, 0.25) is 0 Å². The van der Waals surface area contributed by atoms with Gasteiger partial charge in [-0.2, -0.15) is 0 Å². The van der Waals surface area contributed by atoms with Gasteiger partial charge in [-0.05, 0) is 85.7 Å². The van der Waals surface area contributed by atoms with Crippen LogP contribution < -0.4 is 10.2 Å². The van der Waals surface area contributed by atoms with Crippen LogP contribution in [0.1, 0.15) is 40.3 Å². The number of aromatic nitrogens is 3. The second kappa shape index (κ2) is 10.6. The Kier molecular flexibility index (Phi) is 6.82. The monoisotopic (exact) mass is 524 g/mol. The quantitative estimate of drug-likeness (QED) is 0.360. The van der Waals surface area contributed by atoms with Gasteiger partial charge in [-0.15, -0.1) is 0 Å². The first kappa shape index (κ1) is 24.6. The van der Waals surface area contributed by atoms with Crippen LogP contribution >= 0.6 is 12.2 Å². The molecule has 4 aromatic rings. The SMILES string of the molecule is Cc1cc([C@H]2[C@H](c3ccccn3)NC(=S)N2Cc2cccnc2)c(C)n1-c1ccc(N2CCOCC2)cc1. The number of benzene rings is 1. The van der Waals surface area contributed by atoms with Crippen molar-refractivity contribution in [1.29, 1.82) is 0 Å². The van der Waals surface area contributed by atoms with Crippen LogP contribution in [0.15, 0.2) is 79.3 Å². The number of rotatable bonds is 6. The first-order chi connectivity index (χ1) is 18.6. The molecule has 0 amide bonds. The van der Waals surface area contributed by atoms with Gasteiger partial charge in [0.15, 0.2) is 5.11 Å². The molecule has 2 aliphatic heterocycles. The van der Waals surface area contributed by atoms with E-state index in [1.165, 1.54) is 22.6 Å². The third-order valence-corrected chi connectivity index (χ3v) is 7.90. The van der Waals surface area contributed by atoms with Crippen molar-refractivity contribution >= 4 is 23.0 Å². The lowest BCUT2D eigenvalue weighted by Gasteiger charge is -2.29. The van der Waals surface area contributed by atoms with Crippen LogP contribution in [-0.4, -0.2) is 50.9 Å². The van der Waals surface area contributed by atoms with Gasteiger partial charge in [0.05, 0.1) is 31.0 Å². The molecule has 2 saturated heterocycles. The van der Waals surface area contributed by atoms with Gasteiger partial charge >= 0.3 is 0 Å². The van der Waals surface area contributed by atoms with Crippen molar-refractivity contribution in [2.45, 2.75) is 32.5 Å². The van der Waals surface area contributed by atoms with E-state index in [1.807, 2.05) is 30.6 Å². The van der Waals surface area contributed by atoms with Gasteiger partial charge in [0.1, 0.15) is 0 Å². The molecule has 0 aliphatic carbocycles. The maximum atomic E-state index is 5.89. The van der Waals surface area contributed by atoms with E-state index in [1.54, 1.807) is 6.20 Å². The fourth-order valence-electron chi connectivity index (χ4n) is 5.72. The number of pyridine rings is 2. The maximum Gasteiger partial charge on any atom is 0.170 e. The zero-order valence-electron chi connectivity index (χ0n) is 21.7. The highest BCUT2D eigenvalue weighted by Gasteiger charge is 2.41. The summed E-state index contributed by atoms with van der Waals surface area (Å²) in [4.78, 5) is 13.7. The maximum absolute atomic E-state index is 5.89. The number of hydrogen-bond acceptors (Lipinski definition) is 5. The molecule has 3 aromatic heterocycles. The lowest BCUT2D eigenvalue weighted by Crippen LogP contribution is -2.36. The zero-order chi connectivity index (χ0) is 26.1. The third-order valence-electron chi connectivity index (χ3n) is 7.55. The number of thiocarbonyl (C=S) groups is 1. The van der Waals surface area contributed by atoms with E-state index in [2.05, 4.69) is 81.0 Å². The van der Waals surface area contributed by atoms with Crippen molar-refractivity contribution in [3.63, 3.8) is 0 Å². The van der Waals surface area contributed by atoms with E-state index in [-0.39, 0.29) is 12.1 Å². The van der Waals surface area contributed by atoms with Gasteiger partial charge in [-0.1, -0.05) is 12.1 Å². The smallest absolute Gasteiger partial charge is 0.170 e. The largest absolute Gasteiger partial charge is 0.378 e. The van der Waals surface area contributed by atoms with Gasteiger partial charge in [-0.25, -0.2) is 0 Å². The van der Waals surface area contributed by atoms with Crippen LogP contribution in [0.2, 0.25) is 0 Å². The van der Waals surface area contributed by atoms with Gasteiger partial charge in [-0.3, -0.25) is 9.97 Å². The molecule has 38 heavy (non-hydrogen) atoms. The van der Waals surface area contributed by atoms with Crippen molar-refractivity contribution < 1.29 is 4.74 Å². The Labute approximate surface area is 229 Å². The Bertz CT molecular complexity index is 1400. The average Bonchev–Trinajstić information content (AvgIpc) is 3.44. The number of nitrogens with zero attached hydrogens (tertiary/aromatic N) is 5. The number of morpholine rings is 1. The molecule has 2 aliphatic rings. The molecule has 0 radical (unpaired) electrons. The molecule has 0 saturated carbocycles. The predicted molar refractivity (Wildman–Crippen MR) is 154 cm³/mol. The first-order valence-corrected chi connectivity index (χ1v) is 13.5. The molecule has 2 fully saturated rings. The van der Waals surface area contributed by atoms with Gasteiger partial charge < -0.3 is 24.4 Å². The summed E-state index contributed by atoms with van der Waals surface area (Å²) in [6.07, 6.45) is 5.56. The molecule has 1 N–H and O–H groups in total. The van der Waals surface area contributed by atoms with Crippen LogP contribution in [0.3, 0.4) is 0 Å². The molecule has 1 aromatic carbocycles. The lowest BCUT2D eigenvalue weighted by molar-refractivity contribution is 0.122. The molecule has 5 heterocycles. The molecule has 2 atom stereocenters. The zero-order valence-corrected chi connectivity index (χ0v) is 22.6. The molecular formula is C30H32N6OS. The second-order valence-corrected chi connectivity index (χ2v) is 10.3. The summed E-state index contributed by atoms with van der Waals surface area (Å²) in [6, 6.07) is 21.2. The number of nitrogens with one attached hydrogen (secondary N) is 1. The lowest BCUT2D eigenvalue weighted by atomic mass is 9.96. The van der Waals surface area contributed by atoms with Gasteiger partial charge in [0.25, 0.3) is 0 Å². The Morgan fingerprint density at radius 1 is 0.974 bits per heavy atom. The van der Waals surface area contributed by atoms with Crippen molar-refractivity contribution in [3.05, 3.63) is 107 Å². The predicted octanol–water partition coefficient (Wildman–Crippen LogP) is 4.89. The minimum atomic E-state index is -0.0574. The van der Waals surface area contributed by atoms with Crippen LogP contribution in [-0.2, 0) is 11.3 Å². The highest BCUT2D eigenvalue weighted by molar-refractivity contribution is 7.80. The fourth-order valence-corrected chi connectivity index (χ4v) is 6.03. The summed E-state index contributed by atoms with van der Waals surface area (Å²) in [5, 5.41) is 4.31. The van der Waals surface area contributed by atoms with E-state index < -0.39 is 0 Å². The topological polar surface area (TPSA) is 58.5 Å². The Morgan fingerprint density at radius 3 is 2.47 bits per heavy atom. The normalized spacial score (nSPS) is 19.6. The molecule has 194 valence electrons. The van der Waals surface area contributed by atoms with Crippen LogP contribution in [0.5, 0.6) is 0 Å². The number of hydrogen-bond donors (Lipinski definition) is 1. The molecular weight excluding hydrogens is 492 g/mol. The highest BCUT2D eigenvalue weighted by Crippen LogP contribution is 2.42. The average molecular weight is 525 g/mol. The number of ether oxygens (including phenoxy) is 1. The van der Waals surface area contributed by atoms with Crippen molar-refractivity contribution in [2.24, 2.45) is 0 Å². The minimum absolute atomic E-state index is 0.00909. The van der Waals surface area contributed by atoms with E-state index in [9.17, 15) is 0 Å². The Morgan fingerprint density at radius 2 is 1.76 bits per heavy atom. The summed E-state index contributed by atoms with van der Waals surface area (Å²) >= 11 is 5.89. The molecule has 0 unspecified atom stereocenters. The summed E-state index contributed by atoms with van der Waals surface area (Å²) < 4.78 is 7.86. The molecule has 6 rings (SSSR count). The first-order valence-electron chi connectivity index (χ1n) is 13.1. The standard InChI is InChI=1S/C30H32N6OS/c1-21-18-26(22(2)36(21)25-10-8-24(9-11-25)34-14-16-37-17-15-34)29-28(27-7-3-4-13-32-27)33-30(38)35(29)20-23-6-5-12-31-19-23/h3-13,18-19,28-29H,14-17,20H2,1-2H3,(H,33,38)/t28-,29-/m0/s1. The van der Waals surface area contributed by atoms with Gasteiger partial charge in [0, 0.05) is 61.0 Å². The Hall–Kier alpha value is -3.75. The van der Waals surface area contributed by atoms with E-state index >= 15 is 0 Å². The van der Waals surface area contributed by atoms with Crippen LogP contribution in [0.4, 0.5) is 5.69 Å². The fraction of sp³-hybridized carbons (Fsp3) is 0.300. The van der Waals surface area contributed by atoms with E-state index in [4.69, 9.17) is 21.9 Å². The van der Waals surface area contributed by atoms with Crippen molar-refractivity contribution in [1.82, 2.24) is 24.8 Å². The van der Waals surface area contributed by atoms with Crippen LogP contribution in [0.25, 0.3) is 5.69 Å². The number of anilines is 1. The van der Waals surface area contributed by atoms with Crippen molar-refractivity contribution in [2.75, 3.05) is 31.2 Å². The molecule has 8 heteroatoms. The summed E-state index contributed by atoms with van der Waals surface area (Å²) in [6.45, 7) is 8.48. The summed E-state index contributed by atoms with van der Waals surface area (Å²) in [5.41, 5.74) is 8.13. The summed E-state index contributed by atoms with van der Waals surface area (Å²) in [7, 11) is 0. The van der Waals surface area contributed by atoms with E-state index in [0.29, 0.717) is 6.54 Å². The second-order valence-electron chi connectivity index (χ2n) is 9.89. The minimum Gasteiger partial charge on any atom is -0.378 e. The number of aryl methyl sites for hydroxylation is 1. The summed E-state index contributed by atoms with van der Waals surface area (Å²) in [5.74, 6) is 0.